The number of hydrogen-bond acceptors (Lipinski definition) is 4. The minimum absolute atomic E-state index is 0.0921. The fraction of sp³-hybridized carbons (Fsp3) is 0.174. The highest BCUT2D eigenvalue weighted by atomic mass is 35.5. The number of carbonyl (C=O) groups is 3. The maximum absolute atomic E-state index is 12.7. The lowest BCUT2D eigenvalue weighted by Crippen LogP contribution is -2.36. The van der Waals surface area contributed by atoms with E-state index in [-0.39, 0.29) is 5.70 Å². The Morgan fingerprint density at radius 3 is 2.62 bits per heavy atom. The van der Waals surface area contributed by atoms with E-state index >= 15 is 0 Å². The first-order valence-electron chi connectivity index (χ1n) is 9.73. The average Bonchev–Trinajstić information content (AvgIpc) is 3.18. The summed E-state index contributed by atoms with van der Waals surface area (Å²) in [7, 11) is 1.20. The molecule has 7 nitrogen and oxygen atoms in total. The van der Waals surface area contributed by atoms with E-state index < -0.39 is 24.5 Å². The summed E-state index contributed by atoms with van der Waals surface area (Å²) < 4.78 is 6.65. The molecule has 32 heavy (non-hydrogen) atoms. The number of carbonyl (C=O) groups excluding carboxylic acids is 3. The Hall–Kier alpha value is -3.29. The minimum Gasteiger partial charge on any atom is -0.468 e. The van der Waals surface area contributed by atoms with Gasteiger partial charge in [0.05, 0.1) is 7.11 Å². The van der Waals surface area contributed by atoms with Gasteiger partial charge in [-0.3, -0.25) is 9.59 Å². The third-order valence-electron chi connectivity index (χ3n) is 5.39. The van der Waals surface area contributed by atoms with Crippen molar-refractivity contribution >= 4 is 58.1 Å². The third-order valence-corrected chi connectivity index (χ3v) is 5.98. The molecule has 1 aliphatic rings. The zero-order chi connectivity index (χ0) is 23.0. The molecule has 0 unspecified atom stereocenters. The molecule has 1 aliphatic heterocycles. The molecule has 0 atom stereocenters. The van der Waals surface area contributed by atoms with Crippen LogP contribution < -0.4 is 5.32 Å². The summed E-state index contributed by atoms with van der Waals surface area (Å²) in [6, 6.07) is 12.5. The summed E-state index contributed by atoms with van der Waals surface area (Å²) >= 11 is 12.4. The number of rotatable bonds is 5. The summed E-state index contributed by atoms with van der Waals surface area (Å²) in [6.07, 6.45) is 1.63. The number of benzene rings is 2. The molecule has 3 amide bonds. The lowest BCUT2D eigenvalue weighted by Gasteiger charge is -2.11. The number of fused-ring (bicyclic) bond motifs is 1. The Kier molecular flexibility index (Phi) is 5.95. The van der Waals surface area contributed by atoms with Gasteiger partial charge in [0.1, 0.15) is 12.2 Å². The summed E-state index contributed by atoms with van der Waals surface area (Å²) in [6.45, 7) is 1.98. The van der Waals surface area contributed by atoms with Crippen molar-refractivity contribution in [3.63, 3.8) is 0 Å². The zero-order valence-corrected chi connectivity index (χ0v) is 18.8. The zero-order valence-electron chi connectivity index (χ0n) is 17.3. The van der Waals surface area contributed by atoms with Crippen LogP contribution in [0.4, 0.5) is 4.79 Å². The molecule has 9 heteroatoms. The first-order chi connectivity index (χ1) is 15.3. The molecule has 1 saturated heterocycles. The van der Waals surface area contributed by atoms with Crippen molar-refractivity contribution in [1.29, 1.82) is 0 Å². The van der Waals surface area contributed by atoms with Gasteiger partial charge in [-0.15, -0.1) is 0 Å². The molecule has 0 saturated carbocycles. The van der Waals surface area contributed by atoms with Crippen LogP contribution in [0.25, 0.3) is 17.0 Å². The van der Waals surface area contributed by atoms with Gasteiger partial charge in [0.15, 0.2) is 0 Å². The molecule has 2 heterocycles. The summed E-state index contributed by atoms with van der Waals surface area (Å²) in [4.78, 5) is 37.3. The topological polar surface area (TPSA) is 80.6 Å². The molecule has 2 aromatic carbocycles. The molecule has 1 fully saturated rings. The van der Waals surface area contributed by atoms with Gasteiger partial charge >= 0.3 is 12.0 Å². The van der Waals surface area contributed by atoms with Crippen molar-refractivity contribution in [3.05, 3.63) is 75.0 Å². The van der Waals surface area contributed by atoms with E-state index in [0.29, 0.717) is 16.6 Å². The van der Waals surface area contributed by atoms with Crippen molar-refractivity contribution in [3.8, 4) is 0 Å². The quantitative estimate of drug-likeness (QED) is 0.340. The second kappa shape index (κ2) is 8.68. The first-order valence-corrected chi connectivity index (χ1v) is 10.5. The second-order valence-electron chi connectivity index (χ2n) is 7.29. The fourth-order valence-electron chi connectivity index (χ4n) is 3.72. The molecule has 0 radical (unpaired) electrons. The highest BCUT2D eigenvalue weighted by Gasteiger charge is 2.35. The molecule has 0 bridgehead atoms. The number of esters is 1. The minimum atomic E-state index is -0.678. The van der Waals surface area contributed by atoms with E-state index in [0.717, 1.165) is 32.6 Å². The van der Waals surface area contributed by atoms with E-state index in [9.17, 15) is 14.4 Å². The molecule has 0 spiro atoms. The standard InChI is InChI=1S/C23H19Cl2N3O4/c1-13-17(10-19-22(30)28(23(31)26-19)12-21(29)32-2)16-5-3-4-6-20(16)27(13)11-14-7-8-15(24)9-18(14)25/h3-10H,11-12H2,1-2H3,(H,26,31). The molecule has 3 aromatic rings. The Morgan fingerprint density at radius 1 is 1.16 bits per heavy atom. The number of methoxy groups -OCH3 is 1. The SMILES string of the molecule is COC(=O)CN1C(=O)NC(=Cc2c(C)n(Cc3ccc(Cl)cc3Cl)c3ccccc23)C1=O. The van der Waals surface area contributed by atoms with Crippen LogP contribution in [0.15, 0.2) is 48.2 Å². The molecule has 164 valence electrons. The summed E-state index contributed by atoms with van der Waals surface area (Å²) in [5, 5.41) is 4.58. The Labute approximate surface area is 194 Å². The van der Waals surface area contributed by atoms with Crippen LogP contribution >= 0.6 is 23.2 Å². The van der Waals surface area contributed by atoms with E-state index in [1.165, 1.54) is 7.11 Å². The van der Waals surface area contributed by atoms with Crippen LogP contribution in [0.3, 0.4) is 0 Å². The molecule has 4 rings (SSSR count). The van der Waals surface area contributed by atoms with Gasteiger partial charge in [0, 0.05) is 38.8 Å². The number of halogens is 2. The van der Waals surface area contributed by atoms with E-state index in [2.05, 4.69) is 14.6 Å². The average molecular weight is 472 g/mol. The highest BCUT2D eigenvalue weighted by Crippen LogP contribution is 2.31. The third kappa shape index (κ3) is 3.97. The Bertz CT molecular complexity index is 1300. The van der Waals surface area contributed by atoms with Crippen LogP contribution in [0, 0.1) is 6.92 Å². The molecule has 1 aromatic heterocycles. The van der Waals surface area contributed by atoms with Crippen LogP contribution in [0.1, 0.15) is 16.8 Å². The van der Waals surface area contributed by atoms with Gasteiger partial charge in [-0.05, 0) is 36.8 Å². The molecular formula is C23H19Cl2N3O4. The number of amides is 3. The lowest BCUT2D eigenvalue weighted by molar-refractivity contribution is -0.143. The normalized spacial score (nSPS) is 15.0. The number of nitrogens with one attached hydrogen (secondary N) is 1. The molecular weight excluding hydrogens is 453 g/mol. The number of hydrogen-bond donors (Lipinski definition) is 1. The molecule has 0 aliphatic carbocycles. The van der Waals surface area contributed by atoms with Gasteiger partial charge in [-0.25, -0.2) is 9.69 Å². The van der Waals surface area contributed by atoms with Crippen LogP contribution in [-0.4, -0.2) is 41.0 Å². The van der Waals surface area contributed by atoms with E-state index in [1.807, 2.05) is 37.3 Å². The first kappa shape index (κ1) is 21.9. The van der Waals surface area contributed by atoms with Crippen LogP contribution in [0.2, 0.25) is 10.0 Å². The van der Waals surface area contributed by atoms with Crippen molar-refractivity contribution in [1.82, 2.24) is 14.8 Å². The lowest BCUT2D eigenvalue weighted by atomic mass is 10.1. The maximum Gasteiger partial charge on any atom is 0.329 e. The van der Waals surface area contributed by atoms with Crippen LogP contribution in [-0.2, 0) is 20.9 Å². The fourth-order valence-corrected chi connectivity index (χ4v) is 4.19. The summed E-state index contributed by atoms with van der Waals surface area (Å²) in [5.74, 6) is -1.26. The number of nitrogens with zero attached hydrogens (tertiary/aromatic N) is 2. The highest BCUT2D eigenvalue weighted by molar-refractivity contribution is 6.35. The summed E-state index contributed by atoms with van der Waals surface area (Å²) in [5.41, 5.74) is 3.61. The van der Waals surface area contributed by atoms with Crippen molar-refractivity contribution in [2.45, 2.75) is 13.5 Å². The van der Waals surface area contributed by atoms with E-state index in [1.54, 1.807) is 18.2 Å². The van der Waals surface area contributed by atoms with Gasteiger partial charge in [0.25, 0.3) is 5.91 Å². The smallest absolute Gasteiger partial charge is 0.329 e. The van der Waals surface area contributed by atoms with Crippen molar-refractivity contribution in [2.75, 3.05) is 13.7 Å². The number of ether oxygens (including phenoxy) is 1. The van der Waals surface area contributed by atoms with Crippen molar-refractivity contribution < 1.29 is 19.1 Å². The predicted molar refractivity (Wildman–Crippen MR) is 122 cm³/mol. The Morgan fingerprint density at radius 2 is 1.91 bits per heavy atom. The number of urea groups is 1. The Balaban J connectivity index is 1.76. The monoisotopic (exact) mass is 471 g/mol. The van der Waals surface area contributed by atoms with Gasteiger partial charge in [0.2, 0.25) is 0 Å². The number of para-hydroxylation sites is 1. The van der Waals surface area contributed by atoms with Gasteiger partial charge < -0.3 is 14.6 Å². The predicted octanol–water partition coefficient (Wildman–Crippen LogP) is 4.37. The maximum atomic E-state index is 12.7. The van der Waals surface area contributed by atoms with Gasteiger partial charge in [-0.1, -0.05) is 47.5 Å². The number of aromatic nitrogens is 1. The van der Waals surface area contributed by atoms with Crippen LogP contribution in [0.5, 0.6) is 0 Å². The largest absolute Gasteiger partial charge is 0.468 e. The number of imide groups is 1. The second-order valence-corrected chi connectivity index (χ2v) is 8.14. The van der Waals surface area contributed by atoms with Crippen molar-refractivity contribution in [2.24, 2.45) is 0 Å². The van der Waals surface area contributed by atoms with E-state index in [4.69, 9.17) is 23.2 Å². The molecule has 1 N–H and O–H groups in total. The van der Waals surface area contributed by atoms with Gasteiger partial charge in [-0.2, -0.15) is 0 Å².